The summed E-state index contributed by atoms with van der Waals surface area (Å²) in [5.74, 6) is 0.704. The molecule has 0 radical (unpaired) electrons. The number of hydrogen-bond acceptors (Lipinski definition) is 3. The van der Waals surface area contributed by atoms with Crippen LogP contribution in [0.25, 0.3) is 0 Å². The summed E-state index contributed by atoms with van der Waals surface area (Å²) in [4.78, 5) is 25.3. The summed E-state index contributed by atoms with van der Waals surface area (Å²) >= 11 is 1.54. The average molecular weight is 265 g/mol. The van der Waals surface area contributed by atoms with E-state index in [-0.39, 0.29) is 17.1 Å². The third-order valence-electron chi connectivity index (χ3n) is 2.85. The predicted molar refractivity (Wildman–Crippen MR) is 70.6 cm³/mol. The van der Waals surface area contributed by atoms with Gasteiger partial charge in [0, 0.05) is 12.2 Å². The van der Waals surface area contributed by atoms with Crippen molar-refractivity contribution >= 4 is 23.6 Å². The van der Waals surface area contributed by atoms with Crippen molar-refractivity contribution in [3.63, 3.8) is 0 Å². The van der Waals surface area contributed by atoms with Crippen LogP contribution in [0.15, 0.2) is 30.3 Å². The van der Waals surface area contributed by atoms with E-state index in [9.17, 15) is 9.59 Å². The molecule has 0 spiro atoms. The zero-order chi connectivity index (χ0) is 13.0. The third-order valence-corrected chi connectivity index (χ3v) is 4.14. The highest BCUT2D eigenvalue weighted by Crippen LogP contribution is 2.25. The van der Waals surface area contributed by atoms with Crippen molar-refractivity contribution in [1.29, 1.82) is 0 Å². The number of amides is 2. The monoisotopic (exact) mass is 265 g/mol. The number of quaternary nitrogens is 1. The lowest BCUT2D eigenvalue weighted by Crippen LogP contribution is -2.51. The molecule has 4 nitrogen and oxygen atoms in total. The Morgan fingerprint density at radius 3 is 2.67 bits per heavy atom. The minimum absolute atomic E-state index is 0.0534. The third kappa shape index (κ3) is 2.91. The van der Waals surface area contributed by atoms with Crippen LogP contribution in [0.4, 0.5) is 0 Å². The molecule has 18 heavy (non-hydrogen) atoms. The van der Waals surface area contributed by atoms with Gasteiger partial charge in [-0.25, -0.2) is 0 Å². The van der Waals surface area contributed by atoms with E-state index in [4.69, 9.17) is 0 Å². The Labute approximate surface area is 111 Å². The van der Waals surface area contributed by atoms with E-state index in [2.05, 4.69) is 5.73 Å². The second-order valence-electron chi connectivity index (χ2n) is 4.22. The van der Waals surface area contributed by atoms with E-state index in [0.29, 0.717) is 13.0 Å². The van der Waals surface area contributed by atoms with Gasteiger partial charge in [0.15, 0.2) is 0 Å². The number of thioether (sulfide) groups is 1. The van der Waals surface area contributed by atoms with Crippen LogP contribution in [0, 0.1) is 0 Å². The van der Waals surface area contributed by atoms with Crippen LogP contribution in [0.2, 0.25) is 0 Å². The number of carbonyl (C=O) groups excluding carboxylic acids is 2. The molecule has 0 bridgehead atoms. The fourth-order valence-electron chi connectivity index (χ4n) is 1.94. The molecule has 0 unspecified atom stereocenters. The molecule has 1 saturated heterocycles. The summed E-state index contributed by atoms with van der Waals surface area (Å²) in [6.07, 6.45) is 0.330. The summed E-state index contributed by atoms with van der Waals surface area (Å²) in [6, 6.07) is 9.60. The van der Waals surface area contributed by atoms with Gasteiger partial charge in [-0.1, -0.05) is 30.3 Å². The van der Waals surface area contributed by atoms with Crippen LogP contribution in [-0.2, 0) is 16.1 Å². The summed E-state index contributed by atoms with van der Waals surface area (Å²) in [5, 5.41) is -0.206. The van der Waals surface area contributed by atoms with E-state index >= 15 is 0 Å². The topological polar surface area (TPSA) is 65.0 Å². The lowest BCUT2D eigenvalue weighted by atomic mass is 10.2. The molecule has 2 amide bonds. The number of hydrogen-bond donors (Lipinski definition) is 1. The normalized spacial score (nSPS) is 19.6. The zero-order valence-electron chi connectivity index (χ0n) is 10.2. The van der Waals surface area contributed by atoms with Gasteiger partial charge < -0.3 is 5.73 Å². The van der Waals surface area contributed by atoms with Gasteiger partial charge in [-0.05, 0) is 5.56 Å². The molecule has 96 valence electrons. The quantitative estimate of drug-likeness (QED) is 0.778. The summed E-state index contributed by atoms with van der Waals surface area (Å²) < 4.78 is 0. The van der Waals surface area contributed by atoms with Crippen LogP contribution in [0.3, 0.4) is 0 Å². The van der Waals surface area contributed by atoms with E-state index in [1.807, 2.05) is 30.3 Å². The Morgan fingerprint density at radius 1 is 1.28 bits per heavy atom. The molecule has 1 fully saturated rings. The maximum atomic E-state index is 12.1. The van der Waals surface area contributed by atoms with Crippen molar-refractivity contribution in [1.82, 2.24) is 4.90 Å². The Balaban J connectivity index is 2.01. The second-order valence-corrected chi connectivity index (χ2v) is 5.53. The van der Waals surface area contributed by atoms with Crippen LogP contribution in [0.5, 0.6) is 0 Å². The largest absolute Gasteiger partial charge is 0.357 e. The van der Waals surface area contributed by atoms with Crippen LogP contribution in [-0.4, -0.2) is 34.3 Å². The molecular formula is C13H17N2O2S+. The van der Waals surface area contributed by atoms with Crippen molar-refractivity contribution in [2.45, 2.75) is 18.2 Å². The van der Waals surface area contributed by atoms with Gasteiger partial charge >= 0.3 is 0 Å². The highest BCUT2D eigenvalue weighted by atomic mass is 32.2. The lowest BCUT2D eigenvalue weighted by molar-refractivity contribution is -0.360. The van der Waals surface area contributed by atoms with Gasteiger partial charge in [-0.2, -0.15) is 0 Å². The zero-order valence-corrected chi connectivity index (χ0v) is 11.0. The van der Waals surface area contributed by atoms with Gasteiger partial charge in [0.1, 0.15) is 0 Å². The van der Waals surface area contributed by atoms with E-state index in [0.717, 1.165) is 17.9 Å². The van der Waals surface area contributed by atoms with Crippen molar-refractivity contribution in [3.8, 4) is 0 Å². The first-order valence-electron chi connectivity index (χ1n) is 6.01. The van der Waals surface area contributed by atoms with Crippen molar-refractivity contribution in [3.05, 3.63) is 35.9 Å². The van der Waals surface area contributed by atoms with E-state index in [1.54, 1.807) is 0 Å². The van der Waals surface area contributed by atoms with Crippen molar-refractivity contribution in [2.24, 2.45) is 0 Å². The molecule has 1 aromatic carbocycles. The first-order valence-corrected chi connectivity index (χ1v) is 7.06. The molecule has 1 aliphatic rings. The summed E-state index contributed by atoms with van der Waals surface area (Å²) in [5.41, 5.74) is 4.73. The number of rotatable bonds is 5. The summed E-state index contributed by atoms with van der Waals surface area (Å²) in [7, 11) is 0. The Bertz CT molecular complexity index is 436. The van der Waals surface area contributed by atoms with Gasteiger partial charge in [-0.15, -0.1) is 11.8 Å². The Morgan fingerprint density at radius 2 is 2.00 bits per heavy atom. The smallest absolute Gasteiger partial charge is 0.243 e. The molecule has 1 heterocycles. The van der Waals surface area contributed by atoms with Crippen molar-refractivity contribution in [2.75, 3.05) is 12.3 Å². The summed E-state index contributed by atoms with van der Waals surface area (Å²) in [6.45, 7) is 1.17. The Hall–Kier alpha value is -1.33. The van der Waals surface area contributed by atoms with Gasteiger partial charge in [0.25, 0.3) is 0 Å². The highest BCUT2D eigenvalue weighted by molar-refractivity contribution is 8.00. The molecule has 3 N–H and O–H groups in total. The number of benzene rings is 1. The highest BCUT2D eigenvalue weighted by Gasteiger charge is 2.38. The molecule has 1 aliphatic heterocycles. The molecular weight excluding hydrogens is 248 g/mol. The fraction of sp³-hybridized carbons (Fsp3) is 0.385. The van der Waals surface area contributed by atoms with Gasteiger partial charge in [0.2, 0.25) is 11.8 Å². The number of nitrogens with zero attached hydrogens (tertiary/aromatic N) is 1. The number of imide groups is 1. The SMILES string of the molecule is [NH3+]CCS[C@@H]1CC(=O)N(Cc2ccccc2)C1=O. The molecule has 0 saturated carbocycles. The molecule has 2 rings (SSSR count). The van der Waals surface area contributed by atoms with E-state index in [1.165, 1.54) is 16.7 Å². The predicted octanol–water partition coefficient (Wildman–Crippen LogP) is 0.289. The first kappa shape index (κ1) is 13.1. The molecule has 1 aromatic rings. The van der Waals surface area contributed by atoms with Gasteiger partial charge in [-0.3, -0.25) is 14.5 Å². The minimum atomic E-state index is -0.206. The van der Waals surface area contributed by atoms with Crippen LogP contribution >= 0.6 is 11.8 Å². The molecule has 0 aromatic heterocycles. The number of likely N-dealkylation sites (tertiary alicyclic amines) is 1. The van der Waals surface area contributed by atoms with Gasteiger partial charge in [0.05, 0.1) is 18.3 Å². The molecule has 0 aliphatic carbocycles. The maximum Gasteiger partial charge on any atom is 0.243 e. The van der Waals surface area contributed by atoms with Crippen LogP contribution in [0.1, 0.15) is 12.0 Å². The lowest BCUT2D eigenvalue weighted by Gasteiger charge is -2.14. The Kier molecular flexibility index (Phi) is 4.38. The maximum absolute atomic E-state index is 12.1. The fourth-order valence-corrected chi connectivity index (χ4v) is 2.92. The second kappa shape index (κ2) is 6.02. The standard InChI is InChI=1S/C13H16N2O2S/c14-6-7-18-11-8-12(16)15(13(11)17)9-10-4-2-1-3-5-10/h1-5,11H,6-9,14H2/p+1/t11-/m1/s1. The minimum Gasteiger partial charge on any atom is -0.357 e. The molecule has 1 atom stereocenters. The van der Waals surface area contributed by atoms with Crippen molar-refractivity contribution < 1.29 is 15.3 Å². The molecule has 5 heteroatoms. The van der Waals surface area contributed by atoms with E-state index < -0.39 is 0 Å². The first-order chi connectivity index (χ1) is 8.72. The van der Waals surface area contributed by atoms with Crippen LogP contribution < -0.4 is 5.73 Å². The number of carbonyl (C=O) groups is 2. The average Bonchev–Trinajstić information content (AvgIpc) is 2.65.